The molecule has 34 heavy (non-hydrogen) atoms. The van der Waals surface area contributed by atoms with E-state index in [0.717, 1.165) is 35.6 Å². The van der Waals surface area contributed by atoms with Crippen LogP contribution in [-0.2, 0) is 24.2 Å². The highest BCUT2D eigenvalue weighted by Gasteiger charge is 2.16. The van der Waals surface area contributed by atoms with E-state index in [2.05, 4.69) is 15.6 Å². The lowest BCUT2D eigenvalue weighted by atomic mass is 9.97. The summed E-state index contributed by atoms with van der Waals surface area (Å²) in [7, 11) is 0. The van der Waals surface area contributed by atoms with Gasteiger partial charge in [-0.05, 0) is 60.2 Å². The highest BCUT2D eigenvalue weighted by molar-refractivity contribution is 7.14. The van der Waals surface area contributed by atoms with Crippen LogP contribution in [0, 0.1) is 11.7 Å². The topological polar surface area (TPSA) is 94.1 Å². The fourth-order valence-corrected chi connectivity index (χ4v) is 5.04. The van der Waals surface area contributed by atoms with Gasteiger partial charge < -0.3 is 15.2 Å². The van der Waals surface area contributed by atoms with Gasteiger partial charge in [0, 0.05) is 35.6 Å². The number of carboxylic acids is 1. The van der Waals surface area contributed by atoms with Crippen molar-refractivity contribution < 1.29 is 19.1 Å². The molecule has 0 aliphatic heterocycles. The maximum absolute atomic E-state index is 13.8. The Morgan fingerprint density at radius 3 is 2.62 bits per heavy atom. The van der Waals surface area contributed by atoms with Crippen molar-refractivity contribution in [1.82, 2.24) is 4.98 Å². The number of aryl methyl sites for hydroxylation is 1. The van der Waals surface area contributed by atoms with Crippen LogP contribution in [0.2, 0.25) is 0 Å². The SMILES string of the molecule is O=C([O-])Cc1csc(NC(=O)c2ccc(CNc3ccc(F)cc3CCC3CCCC3)cc2)n1. The van der Waals surface area contributed by atoms with Crippen molar-refractivity contribution >= 4 is 34.0 Å². The van der Waals surface area contributed by atoms with E-state index >= 15 is 0 Å². The average molecular weight is 481 g/mol. The number of amides is 1. The first-order valence-corrected chi connectivity index (χ1v) is 12.4. The summed E-state index contributed by atoms with van der Waals surface area (Å²) in [5.41, 5.74) is 3.76. The summed E-state index contributed by atoms with van der Waals surface area (Å²) in [4.78, 5) is 27.2. The number of aromatic nitrogens is 1. The van der Waals surface area contributed by atoms with E-state index in [1.807, 2.05) is 12.1 Å². The summed E-state index contributed by atoms with van der Waals surface area (Å²) in [6.45, 7) is 0.559. The minimum atomic E-state index is -1.21. The van der Waals surface area contributed by atoms with E-state index in [0.29, 0.717) is 22.9 Å². The number of rotatable bonds is 10. The van der Waals surface area contributed by atoms with Crippen LogP contribution in [-0.4, -0.2) is 16.9 Å². The summed E-state index contributed by atoms with van der Waals surface area (Å²) in [5.74, 6) is -0.996. The molecule has 0 bridgehead atoms. The Labute approximate surface area is 202 Å². The third-order valence-electron chi connectivity index (χ3n) is 6.16. The molecule has 1 heterocycles. The first kappa shape index (κ1) is 23.9. The molecule has 178 valence electrons. The average Bonchev–Trinajstić information content (AvgIpc) is 3.49. The van der Waals surface area contributed by atoms with E-state index in [-0.39, 0.29) is 18.1 Å². The largest absolute Gasteiger partial charge is 0.550 e. The molecule has 4 rings (SSSR count). The number of nitrogens with one attached hydrogen (secondary N) is 2. The standard InChI is InChI=1S/C26H28FN3O3S/c27-21-11-12-23(20(13-21)10-5-17-3-1-2-4-17)28-15-18-6-8-19(9-7-18)25(33)30-26-29-22(16-34-26)14-24(31)32/h6-9,11-13,16-17,28H,1-5,10,14-15H2,(H,31,32)(H,29,30,33)/p-1. The number of hydrogen-bond acceptors (Lipinski definition) is 6. The summed E-state index contributed by atoms with van der Waals surface area (Å²) < 4.78 is 13.8. The number of aliphatic carboxylic acids is 1. The van der Waals surface area contributed by atoms with Crippen molar-refractivity contribution in [1.29, 1.82) is 0 Å². The molecule has 0 spiro atoms. The second kappa shape index (κ2) is 11.2. The van der Waals surface area contributed by atoms with Crippen LogP contribution in [0.1, 0.15) is 59.3 Å². The fraction of sp³-hybridized carbons (Fsp3) is 0.346. The zero-order valence-electron chi connectivity index (χ0n) is 18.8. The first-order valence-electron chi connectivity index (χ1n) is 11.5. The molecule has 6 nitrogen and oxygen atoms in total. The number of carbonyl (C=O) groups excluding carboxylic acids is 2. The molecule has 0 unspecified atom stereocenters. The molecule has 1 amide bonds. The zero-order valence-corrected chi connectivity index (χ0v) is 19.6. The van der Waals surface area contributed by atoms with Crippen molar-refractivity contribution in [2.75, 3.05) is 10.6 Å². The van der Waals surface area contributed by atoms with E-state index in [1.54, 1.807) is 29.6 Å². The van der Waals surface area contributed by atoms with Crippen molar-refractivity contribution in [3.8, 4) is 0 Å². The van der Waals surface area contributed by atoms with Gasteiger partial charge in [0.15, 0.2) is 5.13 Å². The van der Waals surface area contributed by atoms with Crippen molar-refractivity contribution in [3.63, 3.8) is 0 Å². The Morgan fingerprint density at radius 1 is 1.12 bits per heavy atom. The molecule has 0 atom stereocenters. The molecule has 2 aromatic carbocycles. The van der Waals surface area contributed by atoms with Gasteiger partial charge in [0.1, 0.15) is 5.82 Å². The number of thiazole rings is 1. The Balaban J connectivity index is 1.32. The van der Waals surface area contributed by atoms with Crippen LogP contribution in [0.5, 0.6) is 0 Å². The van der Waals surface area contributed by atoms with Gasteiger partial charge in [0.25, 0.3) is 5.91 Å². The minimum absolute atomic E-state index is 0.214. The molecule has 1 aromatic heterocycles. The number of anilines is 2. The lowest BCUT2D eigenvalue weighted by Crippen LogP contribution is -2.24. The highest BCUT2D eigenvalue weighted by atomic mass is 32.1. The molecule has 2 N–H and O–H groups in total. The van der Waals surface area contributed by atoms with Crippen LogP contribution in [0.3, 0.4) is 0 Å². The molecule has 8 heteroatoms. The van der Waals surface area contributed by atoms with Crippen molar-refractivity contribution in [2.45, 2.75) is 51.5 Å². The smallest absolute Gasteiger partial charge is 0.257 e. The maximum Gasteiger partial charge on any atom is 0.257 e. The molecule has 3 aromatic rings. The van der Waals surface area contributed by atoms with E-state index < -0.39 is 5.97 Å². The summed E-state index contributed by atoms with van der Waals surface area (Å²) >= 11 is 1.17. The van der Waals surface area contributed by atoms with Gasteiger partial charge in [-0.25, -0.2) is 9.37 Å². The van der Waals surface area contributed by atoms with E-state index in [9.17, 15) is 19.1 Å². The van der Waals surface area contributed by atoms with E-state index in [4.69, 9.17) is 0 Å². The van der Waals surface area contributed by atoms with Gasteiger partial charge in [0.05, 0.1) is 5.69 Å². The van der Waals surface area contributed by atoms with Gasteiger partial charge in [-0.1, -0.05) is 37.8 Å². The fourth-order valence-electron chi connectivity index (χ4n) is 4.33. The summed E-state index contributed by atoms with van der Waals surface area (Å²) in [6, 6.07) is 12.1. The second-order valence-corrected chi connectivity index (χ2v) is 9.55. The quantitative estimate of drug-likeness (QED) is 0.444. The van der Waals surface area contributed by atoms with Crippen molar-refractivity contribution in [3.05, 3.63) is 76.0 Å². The monoisotopic (exact) mass is 480 g/mol. The Kier molecular flexibility index (Phi) is 7.90. The second-order valence-electron chi connectivity index (χ2n) is 8.69. The van der Waals surface area contributed by atoms with Gasteiger partial charge in [0.2, 0.25) is 0 Å². The molecule has 1 aliphatic carbocycles. The summed E-state index contributed by atoms with van der Waals surface area (Å²) in [5, 5.41) is 18.7. The Morgan fingerprint density at radius 2 is 1.88 bits per heavy atom. The van der Waals surface area contributed by atoms with Crippen LogP contribution in [0.25, 0.3) is 0 Å². The number of carboxylic acid groups (broad SMARTS) is 1. The third-order valence-corrected chi connectivity index (χ3v) is 6.97. The summed E-state index contributed by atoms with van der Waals surface area (Å²) in [6.07, 6.45) is 6.84. The normalized spacial score (nSPS) is 13.7. The third kappa shape index (κ3) is 6.63. The van der Waals surface area contributed by atoms with Crippen molar-refractivity contribution in [2.24, 2.45) is 5.92 Å². The number of hydrogen-bond donors (Lipinski definition) is 2. The minimum Gasteiger partial charge on any atom is -0.550 e. The number of nitrogens with zero attached hydrogens (tertiary/aromatic N) is 1. The number of benzene rings is 2. The molecule has 0 saturated heterocycles. The lowest BCUT2D eigenvalue weighted by molar-refractivity contribution is -0.304. The van der Waals surface area contributed by atoms with Crippen LogP contribution >= 0.6 is 11.3 Å². The molecular weight excluding hydrogens is 453 g/mol. The van der Waals surface area contributed by atoms with Crippen LogP contribution < -0.4 is 15.7 Å². The lowest BCUT2D eigenvalue weighted by Gasteiger charge is -2.15. The van der Waals surface area contributed by atoms with Gasteiger partial charge in [-0.2, -0.15) is 0 Å². The van der Waals surface area contributed by atoms with Gasteiger partial charge in [-0.3, -0.25) is 10.1 Å². The van der Waals surface area contributed by atoms with Gasteiger partial charge >= 0.3 is 0 Å². The molecule has 0 radical (unpaired) electrons. The molecule has 1 fully saturated rings. The van der Waals surface area contributed by atoms with Crippen LogP contribution in [0.15, 0.2) is 47.8 Å². The predicted octanol–water partition coefficient (Wildman–Crippen LogP) is 4.56. The van der Waals surface area contributed by atoms with E-state index in [1.165, 1.54) is 43.1 Å². The Bertz CT molecular complexity index is 1140. The molecule has 1 saturated carbocycles. The number of halogens is 1. The number of carbonyl (C=O) groups is 2. The highest BCUT2D eigenvalue weighted by Crippen LogP contribution is 2.30. The zero-order chi connectivity index (χ0) is 23.9. The van der Waals surface area contributed by atoms with Crippen LogP contribution in [0.4, 0.5) is 15.2 Å². The maximum atomic E-state index is 13.8. The predicted molar refractivity (Wildman–Crippen MR) is 129 cm³/mol. The Hall–Kier alpha value is -3.26. The van der Waals surface area contributed by atoms with Gasteiger partial charge in [-0.15, -0.1) is 11.3 Å². The first-order chi connectivity index (χ1) is 16.5. The molecule has 1 aliphatic rings. The molecular formula is C26H27FN3O3S-.